The zero-order valence-corrected chi connectivity index (χ0v) is 12.3. The molecule has 1 aromatic rings. The Morgan fingerprint density at radius 2 is 1.74 bits per heavy atom. The third kappa shape index (κ3) is 4.83. The van der Waals surface area contributed by atoms with E-state index in [1.54, 1.807) is 13.0 Å². The van der Waals surface area contributed by atoms with Gasteiger partial charge in [0.15, 0.2) is 0 Å². The normalized spacial score (nSPS) is 12.5. The highest BCUT2D eigenvalue weighted by molar-refractivity contribution is 5.54. The van der Waals surface area contributed by atoms with Crippen molar-refractivity contribution in [1.29, 1.82) is 0 Å². The molecule has 1 rings (SSSR count). The van der Waals surface area contributed by atoms with Crippen molar-refractivity contribution in [2.24, 2.45) is 0 Å². The minimum Gasteiger partial charge on any atom is -0.389 e. The molecule has 1 aromatic carbocycles. The van der Waals surface area contributed by atoms with Gasteiger partial charge in [-0.25, -0.2) is 4.39 Å². The maximum atomic E-state index is 13.3. The van der Waals surface area contributed by atoms with Gasteiger partial charge >= 0.3 is 0 Å². The second kappa shape index (κ2) is 8.16. The van der Waals surface area contributed by atoms with E-state index in [-0.39, 0.29) is 5.82 Å². The molecule has 0 aliphatic heterocycles. The van der Waals surface area contributed by atoms with E-state index in [0.29, 0.717) is 5.56 Å². The van der Waals surface area contributed by atoms with E-state index >= 15 is 0 Å². The van der Waals surface area contributed by atoms with Crippen molar-refractivity contribution in [3.05, 3.63) is 29.6 Å². The van der Waals surface area contributed by atoms with Crippen LogP contribution < -0.4 is 4.90 Å². The lowest BCUT2D eigenvalue weighted by Gasteiger charge is -2.28. The van der Waals surface area contributed by atoms with Crippen LogP contribution in [0.4, 0.5) is 10.1 Å². The van der Waals surface area contributed by atoms with Gasteiger partial charge in [-0.15, -0.1) is 0 Å². The predicted molar refractivity (Wildman–Crippen MR) is 79.1 cm³/mol. The maximum absolute atomic E-state index is 13.3. The van der Waals surface area contributed by atoms with Crippen molar-refractivity contribution >= 4 is 5.69 Å². The molecule has 0 saturated carbocycles. The van der Waals surface area contributed by atoms with Crippen LogP contribution >= 0.6 is 0 Å². The molecule has 0 radical (unpaired) electrons. The van der Waals surface area contributed by atoms with Crippen LogP contribution in [0.3, 0.4) is 0 Å². The van der Waals surface area contributed by atoms with Crippen LogP contribution in [0.2, 0.25) is 0 Å². The number of hydrogen-bond donors (Lipinski definition) is 1. The van der Waals surface area contributed by atoms with E-state index in [4.69, 9.17) is 0 Å². The van der Waals surface area contributed by atoms with Gasteiger partial charge in [0.1, 0.15) is 5.82 Å². The zero-order valence-electron chi connectivity index (χ0n) is 12.3. The number of aliphatic hydroxyl groups is 1. The molecule has 1 N–H and O–H groups in total. The van der Waals surface area contributed by atoms with Crippen LogP contribution in [0.25, 0.3) is 0 Å². The first-order valence-electron chi connectivity index (χ1n) is 7.32. The van der Waals surface area contributed by atoms with Crippen molar-refractivity contribution in [1.82, 2.24) is 0 Å². The van der Waals surface area contributed by atoms with E-state index in [0.717, 1.165) is 44.5 Å². The van der Waals surface area contributed by atoms with Crippen LogP contribution in [0.5, 0.6) is 0 Å². The molecule has 108 valence electrons. The van der Waals surface area contributed by atoms with Gasteiger partial charge in [0.2, 0.25) is 0 Å². The fourth-order valence-electron chi connectivity index (χ4n) is 2.20. The van der Waals surface area contributed by atoms with Crippen molar-refractivity contribution in [3.63, 3.8) is 0 Å². The highest BCUT2D eigenvalue weighted by Gasteiger charge is 2.14. The fourth-order valence-corrected chi connectivity index (χ4v) is 2.20. The first kappa shape index (κ1) is 16.0. The van der Waals surface area contributed by atoms with E-state index < -0.39 is 6.10 Å². The monoisotopic (exact) mass is 267 g/mol. The minimum absolute atomic E-state index is 0.286. The molecule has 0 heterocycles. The van der Waals surface area contributed by atoms with E-state index in [1.807, 2.05) is 0 Å². The number of anilines is 1. The summed E-state index contributed by atoms with van der Waals surface area (Å²) in [6.45, 7) is 7.94. The number of nitrogens with zero attached hydrogens (tertiary/aromatic N) is 1. The number of rotatable bonds is 8. The summed E-state index contributed by atoms with van der Waals surface area (Å²) in [7, 11) is 0. The van der Waals surface area contributed by atoms with Crippen LogP contribution in [0, 0.1) is 5.82 Å². The molecular weight excluding hydrogens is 241 g/mol. The molecule has 1 unspecified atom stereocenters. The highest BCUT2D eigenvalue weighted by atomic mass is 19.1. The van der Waals surface area contributed by atoms with E-state index in [9.17, 15) is 9.50 Å². The van der Waals surface area contributed by atoms with Gasteiger partial charge < -0.3 is 10.0 Å². The van der Waals surface area contributed by atoms with Gasteiger partial charge in [0.25, 0.3) is 0 Å². The lowest BCUT2D eigenvalue weighted by molar-refractivity contribution is 0.199. The Morgan fingerprint density at radius 3 is 2.21 bits per heavy atom. The third-order valence-corrected chi connectivity index (χ3v) is 3.34. The van der Waals surface area contributed by atoms with Gasteiger partial charge in [-0.2, -0.15) is 0 Å². The Morgan fingerprint density at radius 1 is 1.16 bits per heavy atom. The van der Waals surface area contributed by atoms with Crippen molar-refractivity contribution in [3.8, 4) is 0 Å². The summed E-state index contributed by atoms with van der Waals surface area (Å²) < 4.78 is 13.3. The summed E-state index contributed by atoms with van der Waals surface area (Å²) in [5.41, 5.74) is 1.66. The number of aliphatic hydroxyl groups excluding tert-OH is 1. The zero-order chi connectivity index (χ0) is 14.3. The average Bonchev–Trinajstić information content (AvgIpc) is 2.39. The number of hydrogen-bond acceptors (Lipinski definition) is 2. The summed E-state index contributed by atoms with van der Waals surface area (Å²) in [5.74, 6) is -0.286. The Bertz CT molecular complexity index is 371. The Labute approximate surface area is 116 Å². The molecule has 0 spiro atoms. The third-order valence-electron chi connectivity index (χ3n) is 3.34. The standard InChI is InChI=1S/C16H26FNO/c1-4-6-10-18(11-7-5-2)16-9-8-14(17)12-15(16)13(3)19/h8-9,12-13,19H,4-7,10-11H2,1-3H3. The van der Waals surface area contributed by atoms with Crippen molar-refractivity contribution < 1.29 is 9.50 Å². The lowest BCUT2D eigenvalue weighted by Crippen LogP contribution is -2.27. The van der Waals surface area contributed by atoms with E-state index in [2.05, 4.69) is 18.7 Å². The molecule has 0 aromatic heterocycles. The van der Waals surface area contributed by atoms with Gasteiger partial charge in [0.05, 0.1) is 6.10 Å². The first-order valence-corrected chi connectivity index (χ1v) is 7.32. The summed E-state index contributed by atoms with van der Waals surface area (Å²) in [6, 6.07) is 4.72. The Balaban J connectivity index is 2.98. The smallest absolute Gasteiger partial charge is 0.123 e. The number of halogens is 1. The van der Waals surface area contributed by atoms with Crippen LogP contribution in [0.1, 0.15) is 58.1 Å². The predicted octanol–water partition coefficient (Wildman–Crippen LogP) is 4.29. The molecule has 0 saturated heterocycles. The average molecular weight is 267 g/mol. The molecule has 2 nitrogen and oxygen atoms in total. The molecular formula is C16H26FNO. The molecule has 19 heavy (non-hydrogen) atoms. The van der Waals surface area contributed by atoms with Crippen molar-refractivity contribution in [2.45, 2.75) is 52.6 Å². The topological polar surface area (TPSA) is 23.5 Å². The lowest BCUT2D eigenvalue weighted by atomic mass is 10.1. The van der Waals surface area contributed by atoms with E-state index in [1.165, 1.54) is 12.1 Å². The Hall–Kier alpha value is -1.09. The fraction of sp³-hybridized carbons (Fsp3) is 0.625. The van der Waals surface area contributed by atoms with Crippen molar-refractivity contribution in [2.75, 3.05) is 18.0 Å². The Kier molecular flexibility index (Phi) is 6.85. The summed E-state index contributed by atoms with van der Waals surface area (Å²) in [4.78, 5) is 2.27. The summed E-state index contributed by atoms with van der Waals surface area (Å²) in [5, 5.41) is 9.84. The highest BCUT2D eigenvalue weighted by Crippen LogP contribution is 2.28. The molecule has 0 bridgehead atoms. The molecule has 0 aliphatic rings. The second-order valence-corrected chi connectivity index (χ2v) is 5.07. The second-order valence-electron chi connectivity index (χ2n) is 5.07. The molecule has 0 aliphatic carbocycles. The van der Waals surface area contributed by atoms with Gasteiger partial charge in [0, 0.05) is 24.3 Å². The quantitative estimate of drug-likeness (QED) is 0.759. The van der Waals surface area contributed by atoms with Crippen LogP contribution in [-0.2, 0) is 0 Å². The summed E-state index contributed by atoms with van der Waals surface area (Å²) in [6.07, 6.45) is 3.85. The van der Waals surface area contributed by atoms with Gasteiger partial charge in [-0.1, -0.05) is 26.7 Å². The maximum Gasteiger partial charge on any atom is 0.123 e. The summed E-state index contributed by atoms with van der Waals surface area (Å²) >= 11 is 0. The van der Waals surface area contributed by atoms with Gasteiger partial charge in [-0.3, -0.25) is 0 Å². The molecule has 3 heteroatoms. The largest absolute Gasteiger partial charge is 0.389 e. The SMILES string of the molecule is CCCCN(CCCC)c1ccc(F)cc1C(C)O. The minimum atomic E-state index is -0.642. The molecule has 1 atom stereocenters. The number of unbranched alkanes of at least 4 members (excludes halogenated alkanes) is 2. The molecule has 0 fully saturated rings. The molecule has 0 amide bonds. The first-order chi connectivity index (χ1) is 9.10. The van der Waals surface area contributed by atoms with Crippen LogP contribution in [-0.4, -0.2) is 18.2 Å². The number of benzene rings is 1. The van der Waals surface area contributed by atoms with Gasteiger partial charge in [-0.05, 0) is 38.0 Å². The van der Waals surface area contributed by atoms with Crippen LogP contribution in [0.15, 0.2) is 18.2 Å².